The highest BCUT2D eigenvalue weighted by Crippen LogP contribution is 2.28. The summed E-state index contributed by atoms with van der Waals surface area (Å²) < 4.78 is 29.1. The minimum atomic E-state index is -4.09. The molecule has 214 valence electrons. The van der Waals surface area contributed by atoms with Gasteiger partial charge in [-0.05, 0) is 62.4 Å². The lowest BCUT2D eigenvalue weighted by atomic mass is 10.1. The Labute approximate surface area is 239 Å². The molecule has 3 aromatic rings. The normalized spacial score (nSPS) is 12.2. The molecule has 3 rings (SSSR count). The molecule has 0 aliphatic rings. The molecule has 8 heteroatoms. The highest BCUT2D eigenvalue weighted by Gasteiger charge is 2.34. The van der Waals surface area contributed by atoms with Crippen LogP contribution in [0.4, 0.5) is 5.69 Å². The highest BCUT2D eigenvalue weighted by atomic mass is 32.2. The molecule has 0 spiro atoms. The maximum Gasteiger partial charge on any atom is 0.264 e. The van der Waals surface area contributed by atoms with E-state index in [0.29, 0.717) is 18.7 Å². The van der Waals surface area contributed by atoms with E-state index in [-0.39, 0.29) is 23.3 Å². The van der Waals surface area contributed by atoms with Crippen molar-refractivity contribution in [1.82, 2.24) is 10.2 Å². The fourth-order valence-corrected chi connectivity index (χ4v) is 6.17. The summed E-state index contributed by atoms with van der Waals surface area (Å²) in [5.74, 6) is -0.452. The molecule has 7 nitrogen and oxygen atoms in total. The Balaban J connectivity index is 2.07. The van der Waals surface area contributed by atoms with Gasteiger partial charge in [-0.3, -0.25) is 13.9 Å². The van der Waals surface area contributed by atoms with Crippen molar-refractivity contribution in [2.75, 3.05) is 17.4 Å². The zero-order valence-electron chi connectivity index (χ0n) is 24.3. The molecule has 3 aromatic carbocycles. The Kier molecular flexibility index (Phi) is 10.5. The fourth-order valence-electron chi connectivity index (χ4n) is 4.67. The van der Waals surface area contributed by atoms with Gasteiger partial charge in [-0.2, -0.15) is 0 Å². The first-order valence-corrected chi connectivity index (χ1v) is 15.2. The molecule has 0 bridgehead atoms. The van der Waals surface area contributed by atoms with Gasteiger partial charge >= 0.3 is 0 Å². The summed E-state index contributed by atoms with van der Waals surface area (Å²) >= 11 is 0. The molecule has 40 heavy (non-hydrogen) atoms. The number of rotatable bonds is 12. The van der Waals surface area contributed by atoms with E-state index >= 15 is 0 Å². The molecule has 0 heterocycles. The zero-order chi connectivity index (χ0) is 29.4. The van der Waals surface area contributed by atoms with Gasteiger partial charge in [0.1, 0.15) is 12.6 Å². The molecule has 0 radical (unpaired) electrons. The summed E-state index contributed by atoms with van der Waals surface area (Å²) in [6.07, 6.45) is 0.385. The summed E-state index contributed by atoms with van der Waals surface area (Å²) in [7, 11) is -4.09. The topological polar surface area (TPSA) is 86.8 Å². The maximum atomic E-state index is 14.2. The van der Waals surface area contributed by atoms with E-state index in [0.717, 1.165) is 22.3 Å². The minimum absolute atomic E-state index is 0.0923. The Hall–Kier alpha value is -3.65. The number of anilines is 1. The lowest BCUT2D eigenvalue weighted by Crippen LogP contribution is -2.52. The van der Waals surface area contributed by atoms with Crippen LogP contribution < -0.4 is 9.62 Å². The average molecular weight is 564 g/mol. The second-order valence-corrected chi connectivity index (χ2v) is 12.6. The first kappa shape index (κ1) is 30.9. The van der Waals surface area contributed by atoms with Crippen molar-refractivity contribution in [1.29, 1.82) is 0 Å². The van der Waals surface area contributed by atoms with Gasteiger partial charge in [-0.1, -0.05) is 86.5 Å². The lowest BCUT2D eigenvalue weighted by Gasteiger charge is -2.33. The molecule has 2 amide bonds. The average Bonchev–Trinajstić information content (AvgIpc) is 2.91. The second kappa shape index (κ2) is 13.6. The van der Waals surface area contributed by atoms with Crippen molar-refractivity contribution in [3.8, 4) is 0 Å². The molecule has 0 saturated heterocycles. The molecule has 0 aliphatic carbocycles. The quantitative estimate of drug-likeness (QED) is 0.320. The number of carbonyl (C=O) groups is 2. The SMILES string of the molecule is CC[C@@H](C(=O)NCC(C)C)N(Cc1cccc(C)c1)C(=O)CN(c1ccc(C)cc1C)S(=O)(=O)c1ccccc1. The van der Waals surface area contributed by atoms with Crippen LogP contribution >= 0.6 is 0 Å². The Morgan fingerprint density at radius 2 is 1.55 bits per heavy atom. The van der Waals surface area contributed by atoms with Crippen molar-refractivity contribution in [2.24, 2.45) is 5.92 Å². The predicted molar refractivity (Wildman–Crippen MR) is 161 cm³/mol. The van der Waals surface area contributed by atoms with Gasteiger partial charge in [-0.15, -0.1) is 0 Å². The van der Waals surface area contributed by atoms with E-state index in [2.05, 4.69) is 5.32 Å². The third kappa shape index (κ3) is 7.72. The van der Waals surface area contributed by atoms with E-state index in [4.69, 9.17) is 0 Å². The van der Waals surface area contributed by atoms with Crippen LogP contribution in [0.2, 0.25) is 0 Å². The molecule has 1 atom stereocenters. The van der Waals surface area contributed by atoms with Crippen LogP contribution in [-0.4, -0.2) is 44.3 Å². The summed E-state index contributed by atoms with van der Waals surface area (Å²) in [6, 6.07) is 20.6. The van der Waals surface area contributed by atoms with Crippen LogP contribution in [0.5, 0.6) is 0 Å². The van der Waals surface area contributed by atoms with Gasteiger partial charge in [0.2, 0.25) is 11.8 Å². The zero-order valence-corrected chi connectivity index (χ0v) is 25.2. The van der Waals surface area contributed by atoms with Gasteiger partial charge in [0.25, 0.3) is 10.0 Å². The van der Waals surface area contributed by atoms with Crippen molar-refractivity contribution < 1.29 is 18.0 Å². The molecular formula is C32H41N3O4S. The van der Waals surface area contributed by atoms with Gasteiger partial charge in [0.15, 0.2) is 0 Å². The summed E-state index contributed by atoms with van der Waals surface area (Å²) in [5, 5.41) is 2.96. The smallest absolute Gasteiger partial charge is 0.264 e. The van der Waals surface area contributed by atoms with Crippen LogP contribution in [0.15, 0.2) is 77.7 Å². The van der Waals surface area contributed by atoms with Gasteiger partial charge in [0.05, 0.1) is 10.6 Å². The number of nitrogens with zero attached hydrogens (tertiary/aromatic N) is 2. The number of carbonyl (C=O) groups excluding carboxylic acids is 2. The van der Waals surface area contributed by atoms with Crippen LogP contribution in [-0.2, 0) is 26.2 Å². The highest BCUT2D eigenvalue weighted by molar-refractivity contribution is 7.92. The summed E-state index contributed by atoms with van der Waals surface area (Å²) in [5.41, 5.74) is 4.05. The van der Waals surface area contributed by atoms with Gasteiger partial charge in [-0.25, -0.2) is 8.42 Å². The van der Waals surface area contributed by atoms with E-state index in [9.17, 15) is 18.0 Å². The van der Waals surface area contributed by atoms with Crippen molar-refractivity contribution >= 4 is 27.5 Å². The Bertz CT molecular complexity index is 1420. The van der Waals surface area contributed by atoms with Gasteiger partial charge in [0, 0.05) is 13.1 Å². The van der Waals surface area contributed by atoms with Crippen LogP contribution in [0.3, 0.4) is 0 Å². The van der Waals surface area contributed by atoms with Crippen molar-refractivity contribution in [3.63, 3.8) is 0 Å². The van der Waals surface area contributed by atoms with E-state index in [1.807, 2.05) is 77.9 Å². The number of amides is 2. The first-order valence-electron chi connectivity index (χ1n) is 13.7. The van der Waals surface area contributed by atoms with Crippen molar-refractivity contribution in [3.05, 3.63) is 95.1 Å². The van der Waals surface area contributed by atoms with Gasteiger partial charge < -0.3 is 10.2 Å². The number of aryl methyl sites for hydroxylation is 3. The number of hydrogen-bond donors (Lipinski definition) is 1. The number of hydrogen-bond acceptors (Lipinski definition) is 4. The first-order chi connectivity index (χ1) is 18.9. The summed E-state index contributed by atoms with van der Waals surface area (Å²) in [4.78, 5) is 29.1. The second-order valence-electron chi connectivity index (χ2n) is 10.7. The largest absolute Gasteiger partial charge is 0.354 e. The molecular weight excluding hydrogens is 522 g/mol. The standard InChI is InChI=1S/C32H41N3O4S/c1-7-29(32(37)33-20-23(2)3)34(21-27-13-11-12-24(4)19-27)31(36)22-35(30-17-16-25(5)18-26(30)6)40(38,39)28-14-9-8-10-15-28/h8-19,23,29H,7,20-22H2,1-6H3,(H,33,37)/t29-/m0/s1. The monoisotopic (exact) mass is 563 g/mol. The maximum absolute atomic E-state index is 14.2. The van der Waals surface area contributed by atoms with E-state index in [1.165, 1.54) is 21.3 Å². The lowest BCUT2D eigenvalue weighted by molar-refractivity contribution is -0.140. The molecule has 1 N–H and O–H groups in total. The predicted octanol–water partition coefficient (Wildman–Crippen LogP) is 5.39. The molecule has 0 fully saturated rings. The number of nitrogens with one attached hydrogen (secondary N) is 1. The molecule has 0 aromatic heterocycles. The summed E-state index contributed by atoms with van der Waals surface area (Å²) in [6.45, 7) is 11.8. The third-order valence-electron chi connectivity index (χ3n) is 6.74. The molecule has 0 saturated carbocycles. The number of sulfonamides is 1. The van der Waals surface area contributed by atoms with E-state index in [1.54, 1.807) is 24.3 Å². The van der Waals surface area contributed by atoms with Crippen LogP contribution in [0, 0.1) is 26.7 Å². The Morgan fingerprint density at radius 3 is 2.15 bits per heavy atom. The van der Waals surface area contributed by atoms with Crippen LogP contribution in [0.25, 0.3) is 0 Å². The third-order valence-corrected chi connectivity index (χ3v) is 8.51. The minimum Gasteiger partial charge on any atom is -0.354 e. The molecule has 0 aliphatic heterocycles. The number of benzene rings is 3. The van der Waals surface area contributed by atoms with Crippen LogP contribution in [0.1, 0.15) is 49.4 Å². The molecule has 0 unspecified atom stereocenters. The van der Waals surface area contributed by atoms with E-state index < -0.39 is 28.5 Å². The fraction of sp³-hybridized carbons (Fsp3) is 0.375. The Morgan fingerprint density at radius 1 is 0.875 bits per heavy atom. The van der Waals surface area contributed by atoms with Crippen molar-refractivity contribution in [2.45, 2.75) is 65.4 Å².